The van der Waals surface area contributed by atoms with Crippen LogP contribution >= 0.6 is 0 Å². The van der Waals surface area contributed by atoms with Crippen molar-refractivity contribution in [2.45, 2.75) is 150 Å². The summed E-state index contributed by atoms with van der Waals surface area (Å²) in [6.45, 7) is 22.8. The fraction of sp³-hybridized carbons (Fsp3) is 0.789. The van der Waals surface area contributed by atoms with Gasteiger partial charge in [0.2, 0.25) is 30.4 Å². The molecule has 3 rings (SSSR count). The van der Waals surface area contributed by atoms with Crippen molar-refractivity contribution in [2.75, 3.05) is 33.2 Å². The van der Waals surface area contributed by atoms with E-state index in [-0.39, 0.29) is 29.3 Å². The van der Waals surface area contributed by atoms with Crippen molar-refractivity contribution in [3.05, 3.63) is 12.7 Å². The maximum atomic E-state index is 12.8. The van der Waals surface area contributed by atoms with Crippen LogP contribution in [0.15, 0.2) is 12.7 Å². The molecule has 4 N–H and O–H groups in total. The minimum absolute atomic E-state index is 0.0709. The summed E-state index contributed by atoms with van der Waals surface area (Å²) in [4.78, 5) is 71.3. The summed E-state index contributed by atoms with van der Waals surface area (Å²) in [7, 11) is 1.98. The largest absolute Gasteiger partial charge is 0.349 e. The van der Waals surface area contributed by atoms with Gasteiger partial charge in [0.05, 0.1) is 6.04 Å². The molecule has 2 aliphatic heterocycles. The van der Waals surface area contributed by atoms with Crippen LogP contribution in [0.4, 0.5) is 0 Å². The van der Waals surface area contributed by atoms with Gasteiger partial charge >= 0.3 is 0 Å². The number of nitrogens with one attached hydrogen (secondary N) is 4. The predicted molar refractivity (Wildman–Crippen MR) is 200 cm³/mol. The first-order chi connectivity index (χ1) is 23.6. The van der Waals surface area contributed by atoms with Crippen LogP contribution in [-0.4, -0.2) is 104 Å². The van der Waals surface area contributed by atoms with E-state index in [9.17, 15) is 28.8 Å². The van der Waals surface area contributed by atoms with Crippen molar-refractivity contribution in [3.8, 4) is 0 Å². The van der Waals surface area contributed by atoms with Crippen LogP contribution in [0, 0.1) is 10.8 Å². The Kier molecular flexibility index (Phi) is 23.2. The summed E-state index contributed by atoms with van der Waals surface area (Å²) in [5, 5.41) is 10.6. The third-order valence-electron chi connectivity index (χ3n) is 9.57. The second-order valence-electron chi connectivity index (χ2n) is 15.0. The van der Waals surface area contributed by atoms with Crippen molar-refractivity contribution in [1.29, 1.82) is 0 Å². The molecule has 3 fully saturated rings. The van der Waals surface area contributed by atoms with Gasteiger partial charge in [0.15, 0.2) is 0 Å². The molecule has 2 heterocycles. The van der Waals surface area contributed by atoms with Crippen molar-refractivity contribution in [3.63, 3.8) is 0 Å². The Morgan fingerprint density at radius 3 is 2.04 bits per heavy atom. The second-order valence-corrected chi connectivity index (χ2v) is 15.0. The maximum Gasteiger partial charge on any atom is 0.289 e. The highest BCUT2D eigenvalue weighted by atomic mass is 16.2. The number of amides is 5. The molecule has 12 heteroatoms. The zero-order valence-corrected chi connectivity index (χ0v) is 32.7. The van der Waals surface area contributed by atoms with E-state index in [1.165, 1.54) is 25.8 Å². The molecule has 3 aliphatic rings. The number of nitrogens with zero attached hydrogens (tertiary/aromatic N) is 2. The molecule has 2 saturated heterocycles. The lowest BCUT2D eigenvalue weighted by molar-refractivity contribution is -0.139. The summed E-state index contributed by atoms with van der Waals surface area (Å²) in [6.07, 6.45) is 14.6. The molecule has 0 spiro atoms. The normalized spacial score (nSPS) is 20.0. The number of ketones is 1. The Morgan fingerprint density at radius 1 is 0.980 bits per heavy atom. The van der Waals surface area contributed by atoms with E-state index >= 15 is 0 Å². The van der Waals surface area contributed by atoms with E-state index in [0.717, 1.165) is 77.4 Å². The first-order valence-corrected chi connectivity index (χ1v) is 18.7. The lowest BCUT2D eigenvalue weighted by atomic mass is 9.70. The third-order valence-corrected chi connectivity index (χ3v) is 9.57. The van der Waals surface area contributed by atoms with Crippen molar-refractivity contribution in [1.82, 2.24) is 31.1 Å². The summed E-state index contributed by atoms with van der Waals surface area (Å²) in [5.74, 6) is -0.942. The molecule has 288 valence electrons. The Bertz CT molecular complexity index is 1050. The van der Waals surface area contributed by atoms with E-state index in [4.69, 9.17) is 0 Å². The Morgan fingerprint density at radius 2 is 1.58 bits per heavy atom. The average molecular weight is 707 g/mol. The monoisotopic (exact) mass is 707 g/mol. The topological polar surface area (TPSA) is 157 Å². The molecule has 0 aromatic rings. The first kappa shape index (κ1) is 46.7. The number of piperidine rings is 1. The van der Waals surface area contributed by atoms with Crippen LogP contribution in [0.5, 0.6) is 0 Å². The maximum absolute atomic E-state index is 12.8. The van der Waals surface area contributed by atoms with E-state index < -0.39 is 17.7 Å². The molecule has 5 amide bonds. The van der Waals surface area contributed by atoms with E-state index in [0.29, 0.717) is 30.8 Å². The minimum Gasteiger partial charge on any atom is -0.349 e. The highest BCUT2D eigenvalue weighted by molar-refractivity contribution is 6.38. The molecule has 12 nitrogen and oxygen atoms in total. The molecule has 0 aromatic heterocycles. The van der Waals surface area contributed by atoms with Gasteiger partial charge in [0, 0.05) is 44.7 Å². The molecule has 1 saturated carbocycles. The van der Waals surface area contributed by atoms with Gasteiger partial charge in [0.25, 0.3) is 5.91 Å². The van der Waals surface area contributed by atoms with Crippen LogP contribution in [0.1, 0.15) is 126 Å². The Balaban J connectivity index is 0.000000706. The van der Waals surface area contributed by atoms with Gasteiger partial charge in [-0.2, -0.15) is 0 Å². The smallest absolute Gasteiger partial charge is 0.289 e. The summed E-state index contributed by atoms with van der Waals surface area (Å²) in [5.41, 5.74) is 0.130. The third kappa shape index (κ3) is 16.6. The molecular weight excluding hydrogens is 636 g/mol. The van der Waals surface area contributed by atoms with E-state index in [1.807, 2.05) is 16.8 Å². The number of hydrogen-bond acceptors (Lipinski definition) is 7. The Labute approximate surface area is 302 Å². The summed E-state index contributed by atoms with van der Waals surface area (Å²) in [6, 6.07) is -0.441. The number of carbonyl (C=O) groups excluding carboxylic acids is 6. The Hall–Kier alpha value is -3.28. The number of likely N-dealkylation sites (N-methyl/N-ethyl adjacent to an activating group) is 1. The van der Waals surface area contributed by atoms with Gasteiger partial charge in [-0.3, -0.25) is 28.8 Å². The SMILES string of the molecule is C=CCNC(=O)C(=O)C(C)NC=O.CC1CCCN1C(=O)C(NC=O)C1(C)CCCCC1.CCC.CNC(CN1CCCCC1=O)C(C)(C)C. The lowest BCUT2D eigenvalue weighted by Gasteiger charge is -2.41. The zero-order chi connectivity index (χ0) is 38.3. The molecule has 0 aromatic carbocycles. The molecule has 4 unspecified atom stereocenters. The molecule has 0 bridgehead atoms. The van der Waals surface area contributed by atoms with Gasteiger partial charge < -0.3 is 31.1 Å². The van der Waals surface area contributed by atoms with Gasteiger partial charge in [-0.15, -0.1) is 6.58 Å². The van der Waals surface area contributed by atoms with Crippen LogP contribution in [0.25, 0.3) is 0 Å². The van der Waals surface area contributed by atoms with E-state index in [1.54, 1.807) is 0 Å². The fourth-order valence-corrected chi connectivity index (χ4v) is 6.41. The molecular formula is C38H70N6O6. The van der Waals surface area contributed by atoms with Crippen LogP contribution in [0.3, 0.4) is 0 Å². The number of Topliss-reactive ketones (excluding diaryl/α,β-unsaturated/α-hetero) is 1. The van der Waals surface area contributed by atoms with Gasteiger partial charge in [-0.25, -0.2) is 0 Å². The standard InChI is InChI=1S/C15H26N2O2.C12H24N2O.C8H12N2O3.C3H8/c1-12-7-6-10-17(12)14(19)13(16-11-18)15(2)8-4-3-5-9-15;1-12(2,3)10(13-4)9-14-8-6-5-7-11(14)15;1-3-4-9-8(13)7(12)6(2)10-5-11;1-3-2/h11-13H,3-10H2,1-2H3,(H,16,18);10,13H,5-9H2,1-4H3;3,5-6H,1,4H2,2H3,(H,9,13)(H,10,11);3H2,1-2H3. The lowest BCUT2D eigenvalue weighted by Crippen LogP contribution is -2.55. The molecule has 0 radical (unpaired) electrons. The van der Waals surface area contributed by atoms with Gasteiger partial charge in [0.1, 0.15) is 6.04 Å². The molecule has 1 aliphatic carbocycles. The number of carbonyl (C=O) groups is 6. The number of rotatable bonds is 13. The van der Waals surface area contributed by atoms with Crippen molar-refractivity contribution in [2.24, 2.45) is 10.8 Å². The van der Waals surface area contributed by atoms with Crippen LogP contribution in [-0.2, 0) is 28.8 Å². The minimum atomic E-state index is -0.790. The number of hydrogen-bond donors (Lipinski definition) is 4. The summed E-state index contributed by atoms with van der Waals surface area (Å²) < 4.78 is 0. The highest BCUT2D eigenvalue weighted by Crippen LogP contribution is 2.40. The number of likely N-dealkylation sites (tertiary alicyclic amines) is 2. The molecule has 4 atom stereocenters. The van der Waals surface area contributed by atoms with Gasteiger partial charge in [-0.1, -0.05) is 73.3 Å². The van der Waals surface area contributed by atoms with Crippen molar-refractivity contribution >= 4 is 36.3 Å². The van der Waals surface area contributed by atoms with Crippen LogP contribution < -0.4 is 21.3 Å². The van der Waals surface area contributed by atoms with E-state index in [2.05, 4.69) is 76.3 Å². The first-order valence-electron chi connectivity index (χ1n) is 18.7. The van der Waals surface area contributed by atoms with Crippen molar-refractivity contribution < 1.29 is 28.8 Å². The fourth-order valence-electron chi connectivity index (χ4n) is 6.41. The molecule has 50 heavy (non-hydrogen) atoms. The van der Waals surface area contributed by atoms with Crippen LogP contribution in [0.2, 0.25) is 0 Å². The predicted octanol–water partition coefficient (Wildman–Crippen LogP) is 4.12. The second kappa shape index (κ2) is 24.8. The van der Waals surface area contributed by atoms with Gasteiger partial charge in [-0.05, 0) is 70.3 Å². The highest BCUT2D eigenvalue weighted by Gasteiger charge is 2.43. The zero-order valence-electron chi connectivity index (χ0n) is 32.7. The quantitative estimate of drug-likeness (QED) is 0.128. The average Bonchev–Trinajstić information content (AvgIpc) is 3.51. The summed E-state index contributed by atoms with van der Waals surface area (Å²) >= 11 is 0.